The molecule has 0 fully saturated rings. The molecule has 0 spiro atoms. The summed E-state index contributed by atoms with van der Waals surface area (Å²) in [6.07, 6.45) is 4.38. The lowest BCUT2D eigenvalue weighted by atomic mass is 10.5. The van der Waals surface area contributed by atoms with Crippen LogP contribution in [-0.4, -0.2) is 38.8 Å². The van der Waals surface area contributed by atoms with E-state index in [0.717, 1.165) is 35.0 Å². The van der Waals surface area contributed by atoms with E-state index in [2.05, 4.69) is 32.2 Å². The molecule has 0 atom stereocenters. The summed E-state index contributed by atoms with van der Waals surface area (Å²) in [5, 5.41) is 4.33. The van der Waals surface area contributed by atoms with Crippen LogP contribution in [-0.2, 0) is 0 Å². The predicted octanol–water partition coefficient (Wildman–Crippen LogP) is 1.44. The third-order valence-electron chi connectivity index (χ3n) is 2.13. The van der Waals surface area contributed by atoms with E-state index in [0.29, 0.717) is 0 Å². The van der Waals surface area contributed by atoms with E-state index in [9.17, 15) is 0 Å². The maximum absolute atomic E-state index is 4.25. The molecule has 0 bridgehead atoms. The maximum atomic E-state index is 4.25. The van der Waals surface area contributed by atoms with Gasteiger partial charge in [0.25, 0.3) is 0 Å². The number of imidazole rings is 1. The van der Waals surface area contributed by atoms with Gasteiger partial charge < -0.3 is 10.3 Å². The van der Waals surface area contributed by atoms with Gasteiger partial charge in [0.1, 0.15) is 16.9 Å². The van der Waals surface area contributed by atoms with Crippen molar-refractivity contribution in [3.8, 4) is 0 Å². The van der Waals surface area contributed by atoms with Gasteiger partial charge in [-0.05, 0) is 13.0 Å². The van der Waals surface area contributed by atoms with Gasteiger partial charge in [0.2, 0.25) is 0 Å². The van der Waals surface area contributed by atoms with Crippen molar-refractivity contribution in [1.82, 2.24) is 25.3 Å². The third kappa shape index (κ3) is 2.70. The van der Waals surface area contributed by atoms with Crippen LogP contribution < -0.4 is 5.32 Å². The molecule has 0 aliphatic carbocycles. The Kier molecular flexibility index (Phi) is 4.12. The van der Waals surface area contributed by atoms with Gasteiger partial charge in [-0.3, -0.25) is 0 Å². The highest BCUT2D eigenvalue weighted by Crippen LogP contribution is 2.20. The van der Waals surface area contributed by atoms with Gasteiger partial charge in [-0.25, -0.2) is 15.0 Å². The maximum Gasteiger partial charge on any atom is 0.181 e. The molecule has 86 valence electrons. The first-order chi connectivity index (χ1) is 7.92. The Morgan fingerprint density at radius 2 is 2.25 bits per heavy atom. The van der Waals surface area contributed by atoms with Crippen LogP contribution in [0.15, 0.2) is 17.7 Å². The lowest BCUT2D eigenvalue weighted by Crippen LogP contribution is -2.17. The van der Waals surface area contributed by atoms with Gasteiger partial charge in [0.15, 0.2) is 5.65 Å². The van der Waals surface area contributed by atoms with Crippen molar-refractivity contribution >= 4 is 22.9 Å². The molecule has 2 aromatic heterocycles. The Balaban J connectivity index is 1.91. The fourth-order valence-corrected chi connectivity index (χ4v) is 2.23. The molecule has 0 saturated carbocycles. The third-order valence-corrected chi connectivity index (χ3v) is 3.12. The molecule has 0 aliphatic rings. The molecule has 0 aliphatic heterocycles. The van der Waals surface area contributed by atoms with Gasteiger partial charge in [0, 0.05) is 12.3 Å². The lowest BCUT2D eigenvalue weighted by Gasteiger charge is -2.02. The number of aromatic nitrogens is 4. The van der Waals surface area contributed by atoms with Crippen molar-refractivity contribution in [3.63, 3.8) is 0 Å². The summed E-state index contributed by atoms with van der Waals surface area (Å²) in [4.78, 5) is 15.5. The highest BCUT2D eigenvalue weighted by molar-refractivity contribution is 7.99. The van der Waals surface area contributed by atoms with Gasteiger partial charge in [0.05, 0.1) is 6.33 Å². The highest BCUT2D eigenvalue weighted by Gasteiger charge is 2.05. The molecule has 0 unspecified atom stereocenters. The van der Waals surface area contributed by atoms with E-state index < -0.39 is 0 Å². The quantitative estimate of drug-likeness (QED) is 0.452. The molecule has 0 aromatic carbocycles. The number of hydrogen-bond donors (Lipinski definition) is 2. The smallest absolute Gasteiger partial charge is 0.181 e. The van der Waals surface area contributed by atoms with Crippen LogP contribution >= 0.6 is 11.8 Å². The van der Waals surface area contributed by atoms with Crippen LogP contribution in [0.2, 0.25) is 0 Å². The van der Waals surface area contributed by atoms with Gasteiger partial charge in [-0.15, -0.1) is 11.8 Å². The van der Waals surface area contributed by atoms with Crippen molar-refractivity contribution in [3.05, 3.63) is 12.7 Å². The summed E-state index contributed by atoms with van der Waals surface area (Å²) in [6.45, 7) is 4.24. The molecule has 0 saturated heterocycles. The fourth-order valence-electron chi connectivity index (χ4n) is 1.37. The van der Waals surface area contributed by atoms with Crippen LogP contribution in [0.5, 0.6) is 0 Å². The number of nitrogens with one attached hydrogen (secondary N) is 2. The van der Waals surface area contributed by atoms with Crippen LogP contribution in [0.3, 0.4) is 0 Å². The van der Waals surface area contributed by atoms with E-state index in [1.807, 2.05) is 0 Å². The first-order valence-electron chi connectivity index (χ1n) is 5.39. The number of thioether (sulfide) groups is 1. The largest absolute Gasteiger partial charge is 0.341 e. The monoisotopic (exact) mass is 237 g/mol. The van der Waals surface area contributed by atoms with Gasteiger partial charge >= 0.3 is 0 Å². The van der Waals surface area contributed by atoms with Crippen LogP contribution in [0.1, 0.15) is 13.3 Å². The van der Waals surface area contributed by atoms with Crippen molar-refractivity contribution in [2.75, 3.05) is 18.8 Å². The minimum Gasteiger partial charge on any atom is -0.341 e. The Hall–Kier alpha value is -1.14. The molecule has 0 amide bonds. The fraction of sp³-hybridized carbons (Fsp3) is 0.500. The van der Waals surface area contributed by atoms with Crippen molar-refractivity contribution in [2.45, 2.75) is 18.4 Å². The number of rotatable bonds is 6. The summed E-state index contributed by atoms with van der Waals surface area (Å²) in [5.74, 6) is 1.01. The highest BCUT2D eigenvalue weighted by atomic mass is 32.2. The summed E-state index contributed by atoms with van der Waals surface area (Å²) in [7, 11) is 0. The number of hydrogen-bond acceptors (Lipinski definition) is 5. The van der Waals surface area contributed by atoms with Crippen molar-refractivity contribution in [2.24, 2.45) is 0 Å². The van der Waals surface area contributed by atoms with E-state index in [-0.39, 0.29) is 0 Å². The second-order valence-corrected chi connectivity index (χ2v) is 4.46. The Morgan fingerprint density at radius 1 is 1.31 bits per heavy atom. The number of fused-ring (bicyclic) bond motifs is 1. The van der Waals surface area contributed by atoms with Crippen molar-refractivity contribution < 1.29 is 0 Å². The average Bonchev–Trinajstić information content (AvgIpc) is 2.77. The SMILES string of the molecule is CCCNCCSc1ncnc2nc[nH]c12. The topological polar surface area (TPSA) is 66.5 Å². The Morgan fingerprint density at radius 3 is 3.12 bits per heavy atom. The lowest BCUT2D eigenvalue weighted by molar-refractivity contribution is 0.707. The zero-order valence-corrected chi connectivity index (χ0v) is 10.0. The second-order valence-electron chi connectivity index (χ2n) is 3.38. The summed E-state index contributed by atoms with van der Waals surface area (Å²) in [5.41, 5.74) is 1.67. The zero-order valence-electron chi connectivity index (χ0n) is 9.23. The summed E-state index contributed by atoms with van der Waals surface area (Å²) in [6, 6.07) is 0. The first-order valence-corrected chi connectivity index (χ1v) is 6.38. The van der Waals surface area contributed by atoms with E-state index >= 15 is 0 Å². The van der Waals surface area contributed by atoms with E-state index in [1.165, 1.54) is 6.42 Å². The first kappa shape index (κ1) is 11.3. The van der Waals surface area contributed by atoms with E-state index in [1.54, 1.807) is 24.4 Å². The molecular formula is C10H15N5S. The minimum atomic E-state index is 0.735. The van der Waals surface area contributed by atoms with Gasteiger partial charge in [-0.1, -0.05) is 6.92 Å². The molecule has 16 heavy (non-hydrogen) atoms. The molecule has 2 aromatic rings. The van der Waals surface area contributed by atoms with Crippen molar-refractivity contribution in [1.29, 1.82) is 0 Å². The standard InChI is InChI=1S/C10H15N5S/c1-2-3-11-4-5-16-10-8-9(13-6-12-8)14-7-15-10/h6-7,11H,2-5H2,1H3,(H,12,13,14,15). The molecule has 6 heteroatoms. The minimum absolute atomic E-state index is 0.735. The molecule has 2 rings (SSSR count). The van der Waals surface area contributed by atoms with Crippen LogP contribution in [0, 0.1) is 0 Å². The normalized spacial score (nSPS) is 11.1. The molecule has 0 radical (unpaired) electrons. The summed E-state index contributed by atoms with van der Waals surface area (Å²) < 4.78 is 0. The predicted molar refractivity (Wildman–Crippen MR) is 65.6 cm³/mol. The van der Waals surface area contributed by atoms with Crippen LogP contribution in [0.25, 0.3) is 11.2 Å². The van der Waals surface area contributed by atoms with Gasteiger partial charge in [-0.2, -0.15) is 0 Å². The Labute approximate surface area is 98.5 Å². The van der Waals surface area contributed by atoms with Crippen LogP contribution in [0.4, 0.5) is 0 Å². The molecule has 5 nitrogen and oxygen atoms in total. The zero-order chi connectivity index (χ0) is 11.2. The molecule has 2 heterocycles. The molecular weight excluding hydrogens is 222 g/mol. The second kappa shape index (κ2) is 5.81. The summed E-state index contributed by atoms with van der Waals surface area (Å²) >= 11 is 1.72. The number of H-pyrrole nitrogens is 1. The number of nitrogens with zero attached hydrogens (tertiary/aromatic N) is 3. The number of aromatic amines is 1. The Bertz CT molecular complexity index is 441. The van der Waals surface area contributed by atoms with E-state index in [4.69, 9.17) is 0 Å². The molecule has 2 N–H and O–H groups in total. The average molecular weight is 237 g/mol.